The van der Waals surface area contributed by atoms with E-state index in [4.69, 9.17) is 0 Å². The maximum absolute atomic E-state index is 12.1. The van der Waals surface area contributed by atoms with Crippen molar-refractivity contribution in [1.29, 1.82) is 0 Å². The predicted octanol–water partition coefficient (Wildman–Crippen LogP) is 4.50. The van der Waals surface area contributed by atoms with Gasteiger partial charge in [-0.05, 0) is 31.2 Å². The zero-order chi connectivity index (χ0) is 20.5. The number of aromatic nitrogens is 6. The molecule has 0 spiro atoms. The average molecular weight is 459 g/mol. The fourth-order valence-corrected chi connectivity index (χ4v) is 6.60. The van der Waals surface area contributed by atoms with Gasteiger partial charge in [0.05, 0.1) is 5.75 Å². The number of thiophene rings is 1. The molecule has 0 N–H and O–H groups in total. The normalized spacial score (nSPS) is 15.2. The molecule has 0 aromatic carbocycles. The molecule has 4 heterocycles. The first-order valence-electron chi connectivity index (χ1n) is 10.1. The maximum atomic E-state index is 12.1. The van der Waals surface area contributed by atoms with Crippen molar-refractivity contribution in [1.82, 2.24) is 29.4 Å². The molecule has 5 rings (SSSR count). The summed E-state index contributed by atoms with van der Waals surface area (Å²) in [6, 6.07) is 6.22. The van der Waals surface area contributed by atoms with Gasteiger partial charge in [0.25, 0.3) is 5.56 Å². The third-order valence-corrected chi connectivity index (χ3v) is 8.25. The molecule has 0 bridgehead atoms. The monoisotopic (exact) mass is 458 g/mol. The fourth-order valence-electron chi connectivity index (χ4n) is 3.95. The maximum Gasteiger partial charge on any atom is 0.275 e. The summed E-state index contributed by atoms with van der Waals surface area (Å²) in [5.41, 5.74) is 0.590. The molecule has 10 heteroatoms. The van der Waals surface area contributed by atoms with E-state index in [2.05, 4.69) is 42.4 Å². The average Bonchev–Trinajstić information content (AvgIpc) is 3.47. The van der Waals surface area contributed by atoms with Crippen molar-refractivity contribution < 1.29 is 0 Å². The molecular weight excluding hydrogens is 436 g/mol. The van der Waals surface area contributed by atoms with Crippen LogP contribution in [0.2, 0.25) is 0 Å². The summed E-state index contributed by atoms with van der Waals surface area (Å²) in [6.07, 6.45) is 7.02. The molecule has 4 aromatic rings. The summed E-state index contributed by atoms with van der Waals surface area (Å²) < 4.78 is 3.76. The molecule has 0 atom stereocenters. The minimum Gasteiger partial charge on any atom is -0.303 e. The zero-order valence-corrected chi connectivity index (χ0v) is 19.1. The number of fused-ring (bicyclic) bond motifs is 1. The highest BCUT2D eigenvalue weighted by Crippen LogP contribution is 2.34. The molecule has 0 saturated heterocycles. The van der Waals surface area contributed by atoms with Crippen molar-refractivity contribution in [3.05, 3.63) is 55.3 Å². The quantitative estimate of drug-likeness (QED) is 0.396. The van der Waals surface area contributed by atoms with Crippen LogP contribution in [0.5, 0.6) is 0 Å². The van der Waals surface area contributed by atoms with Crippen molar-refractivity contribution in [2.75, 3.05) is 0 Å². The molecule has 30 heavy (non-hydrogen) atoms. The summed E-state index contributed by atoms with van der Waals surface area (Å²) in [4.78, 5) is 18.5. The van der Waals surface area contributed by atoms with Crippen LogP contribution in [0.1, 0.15) is 59.5 Å². The summed E-state index contributed by atoms with van der Waals surface area (Å²) >= 11 is 4.87. The van der Waals surface area contributed by atoms with E-state index in [1.807, 2.05) is 6.92 Å². The van der Waals surface area contributed by atoms with Gasteiger partial charge in [-0.1, -0.05) is 48.4 Å². The lowest BCUT2D eigenvalue weighted by Crippen LogP contribution is -2.16. The molecule has 0 radical (unpaired) electrons. The second-order valence-electron chi connectivity index (χ2n) is 7.53. The van der Waals surface area contributed by atoms with Crippen LogP contribution in [0, 0.1) is 6.92 Å². The van der Waals surface area contributed by atoms with Gasteiger partial charge in [0.1, 0.15) is 10.8 Å². The molecule has 7 nitrogen and oxygen atoms in total. The van der Waals surface area contributed by atoms with Crippen molar-refractivity contribution in [3.63, 3.8) is 0 Å². The molecule has 1 aliphatic carbocycles. The van der Waals surface area contributed by atoms with Crippen LogP contribution < -0.4 is 5.56 Å². The molecule has 0 amide bonds. The van der Waals surface area contributed by atoms with Crippen LogP contribution >= 0.6 is 34.4 Å². The number of hydrogen-bond acceptors (Lipinski definition) is 8. The zero-order valence-electron chi connectivity index (χ0n) is 16.7. The number of aryl methyl sites for hydroxylation is 1. The number of rotatable bonds is 6. The molecule has 0 aliphatic heterocycles. The van der Waals surface area contributed by atoms with E-state index in [0.717, 1.165) is 28.1 Å². The molecule has 0 unspecified atom stereocenters. The Morgan fingerprint density at radius 2 is 2.10 bits per heavy atom. The van der Waals surface area contributed by atoms with Crippen molar-refractivity contribution in [3.8, 4) is 0 Å². The van der Waals surface area contributed by atoms with E-state index in [1.54, 1.807) is 23.1 Å². The lowest BCUT2D eigenvalue weighted by atomic mass is 9.95. The highest BCUT2D eigenvalue weighted by atomic mass is 32.2. The number of thioether (sulfide) groups is 1. The Labute approximate surface area is 186 Å². The molecule has 156 valence electrons. The van der Waals surface area contributed by atoms with Gasteiger partial charge in [-0.3, -0.25) is 4.79 Å². The van der Waals surface area contributed by atoms with Gasteiger partial charge in [0.2, 0.25) is 4.96 Å². The smallest absolute Gasteiger partial charge is 0.275 e. The van der Waals surface area contributed by atoms with Crippen LogP contribution in [0.15, 0.2) is 33.5 Å². The summed E-state index contributed by atoms with van der Waals surface area (Å²) in [6.45, 7) is 1.83. The number of nitrogens with zero attached hydrogens (tertiary/aromatic N) is 6. The van der Waals surface area contributed by atoms with Crippen LogP contribution in [-0.2, 0) is 12.2 Å². The Balaban J connectivity index is 1.41. The van der Waals surface area contributed by atoms with Gasteiger partial charge >= 0.3 is 0 Å². The van der Waals surface area contributed by atoms with Gasteiger partial charge in [0, 0.05) is 29.1 Å². The molecule has 4 aromatic heterocycles. The first-order valence-corrected chi connectivity index (χ1v) is 12.8. The Hall–Kier alpha value is -2.04. The first kappa shape index (κ1) is 19.9. The van der Waals surface area contributed by atoms with Crippen molar-refractivity contribution in [2.45, 2.75) is 62.4 Å². The van der Waals surface area contributed by atoms with Gasteiger partial charge in [-0.25, -0.2) is 4.98 Å². The third-order valence-electron chi connectivity index (χ3n) is 5.33. The Morgan fingerprint density at radius 1 is 1.23 bits per heavy atom. The lowest BCUT2D eigenvalue weighted by Gasteiger charge is -2.25. The van der Waals surface area contributed by atoms with E-state index in [0.29, 0.717) is 16.8 Å². The molecule has 1 fully saturated rings. The second-order valence-corrected chi connectivity index (χ2v) is 10.5. The summed E-state index contributed by atoms with van der Waals surface area (Å²) in [7, 11) is 0. The fraction of sp³-hybridized carbons (Fsp3) is 0.450. The van der Waals surface area contributed by atoms with E-state index in [9.17, 15) is 4.79 Å². The molecule has 1 saturated carbocycles. The Bertz CT molecular complexity index is 1200. The van der Waals surface area contributed by atoms with Crippen LogP contribution in [0.4, 0.5) is 0 Å². The van der Waals surface area contributed by atoms with Gasteiger partial charge in [-0.15, -0.1) is 21.5 Å². The molecular formula is C20H22N6OS3. The third kappa shape index (κ3) is 4.08. The van der Waals surface area contributed by atoms with E-state index in [-0.39, 0.29) is 5.56 Å². The minimum absolute atomic E-state index is 0.131. The van der Waals surface area contributed by atoms with E-state index < -0.39 is 0 Å². The first-order chi connectivity index (χ1) is 14.7. The standard InChI is InChI=1S/C20H22N6OS3/c1-13-10-18(27)26-19(21-13)30-17(24-26)12-29-20-23-22-16(11-15-8-5-9-28-15)25(20)14-6-3-2-4-7-14/h5,8-10,14H,2-4,6-7,11-12H2,1H3. The molecule has 1 aliphatic rings. The van der Waals surface area contributed by atoms with Gasteiger partial charge in [-0.2, -0.15) is 9.61 Å². The second kappa shape index (κ2) is 8.60. The van der Waals surface area contributed by atoms with E-state index >= 15 is 0 Å². The Kier molecular flexibility index (Phi) is 5.70. The highest BCUT2D eigenvalue weighted by Gasteiger charge is 2.23. The van der Waals surface area contributed by atoms with Gasteiger partial charge in [0.15, 0.2) is 5.16 Å². The minimum atomic E-state index is -0.131. The highest BCUT2D eigenvalue weighted by molar-refractivity contribution is 7.98. The summed E-state index contributed by atoms with van der Waals surface area (Å²) in [5.74, 6) is 1.70. The summed E-state index contributed by atoms with van der Waals surface area (Å²) in [5, 5.41) is 17.5. The number of hydrogen-bond donors (Lipinski definition) is 0. The van der Waals surface area contributed by atoms with Crippen molar-refractivity contribution >= 4 is 39.4 Å². The lowest BCUT2D eigenvalue weighted by molar-refractivity contribution is 0.330. The van der Waals surface area contributed by atoms with Crippen molar-refractivity contribution in [2.24, 2.45) is 0 Å². The SMILES string of the molecule is Cc1cc(=O)n2nc(CSc3nnc(Cc4cccs4)n3C3CCCCC3)sc2n1. The van der Waals surface area contributed by atoms with Gasteiger partial charge < -0.3 is 4.57 Å². The predicted molar refractivity (Wildman–Crippen MR) is 121 cm³/mol. The van der Waals surface area contributed by atoms with Crippen LogP contribution in [0.3, 0.4) is 0 Å². The van der Waals surface area contributed by atoms with E-state index in [1.165, 1.54) is 58.9 Å². The largest absolute Gasteiger partial charge is 0.303 e. The van der Waals surface area contributed by atoms with Crippen LogP contribution in [-0.4, -0.2) is 29.4 Å². The Morgan fingerprint density at radius 3 is 2.90 bits per heavy atom. The topological polar surface area (TPSA) is 78.0 Å². The van der Waals surface area contributed by atoms with Crippen LogP contribution in [0.25, 0.3) is 4.96 Å².